The van der Waals surface area contributed by atoms with Crippen molar-refractivity contribution in [2.24, 2.45) is 11.8 Å². The Morgan fingerprint density at radius 1 is 1.19 bits per heavy atom. The van der Waals surface area contributed by atoms with E-state index in [9.17, 15) is 4.79 Å². The first-order valence-corrected chi connectivity index (χ1v) is 8.78. The van der Waals surface area contributed by atoms with Gasteiger partial charge in [-0.1, -0.05) is 6.92 Å². The number of carbonyl (C=O) groups is 1. The van der Waals surface area contributed by atoms with Crippen molar-refractivity contribution in [3.8, 4) is 0 Å². The van der Waals surface area contributed by atoms with Crippen molar-refractivity contribution >= 4 is 5.91 Å². The number of rotatable bonds is 5. The van der Waals surface area contributed by atoms with Crippen LogP contribution in [-0.4, -0.2) is 61.0 Å². The minimum absolute atomic E-state index is 0.338. The summed E-state index contributed by atoms with van der Waals surface area (Å²) in [5.74, 6) is 1.87. The molecule has 4 heteroatoms. The lowest BCUT2D eigenvalue weighted by molar-refractivity contribution is -0.134. The van der Waals surface area contributed by atoms with Crippen molar-refractivity contribution in [2.75, 3.05) is 39.3 Å². The molecule has 0 aliphatic carbocycles. The molecule has 0 aromatic rings. The molecule has 0 atom stereocenters. The quantitative estimate of drug-likeness (QED) is 0.842. The molecule has 0 aromatic carbocycles. The van der Waals surface area contributed by atoms with E-state index >= 15 is 0 Å². The van der Waals surface area contributed by atoms with Gasteiger partial charge in [0, 0.05) is 25.7 Å². The number of amides is 1. The van der Waals surface area contributed by atoms with Gasteiger partial charge in [-0.2, -0.15) is 0 Å². The lowest BCUT2D eigenvalue weighted by Crippen LogP contribution is -2.47. The van der Waals surface area contributed by atoms with Crippen molar-refractivity contribution in [3.05, 3.63) is 0 Å². The van der Waals surface area contributed by atoms with Crippen molar-refractivity contribution in [1.29, 1.82) is 0 Å². The molecule has 0 radical (unpaired) electrons. The molecular formula is C17H33N3O. The maximum Gasteiger partial charge on any atom is 0.236 e. The molecule has 21 heavy (non-hydrogen) atoms. The van der Waals surface area contributed by atoms with E-state index in [1.807, 2.05) is 0 Å². The van der Waals surface area contributed by atoms with Gasteiger partial charge in [-0.25, -0.2) is 0 Å². The number of piperidine rings is 2. The Balaban J connectivity index is 1.82. The van der Waals surface area contributed by atoms with Crippen LogP contribution in [0, 0.1) is 11.8 Å². The molecule has 2 aliphatic heterocycles. The Kier molecular flexibility index (Phi) is 6.49. The van der Waals surface area contributed by atoms with Gasteiger partial charge in [0.05, 0.1) is 6.54 Å². The number of nitrogens with zero attached hydrogens (tertiary/aromatic N) is 2. The van der Waals surface area contributed by atoms with Crippen molar-refractivity contribution in [2.45, 2.75) is 52.5 Å². The highest BCUT2D eigenvalue weighted by molar-refractivity contribution is 5.78. The third kappa shape index (κ3) is 5.26. The summed E-state index contributed by atoms with van der Waals surface area (Å²) in [6.07, 6.45) is 4.83. The summed E-state index contributed by atoms with van der Waals surface area (Å²) in [7, 11) is 0. The Morgan fingerprint density at radius 2 is 1.81 bits per heavy atom. The zero-order chi connectivity index (χ0) is 15.2. The van der Waals surface area contributed by atoms with E-state index in [2.05, 4.69) is 35.9 Å². The monoisotopic (exact) mass is 295 g/mol. The highest BCUT2D eigenvalue weighted by Gasteiger charge is 2.25. The van der Waals surface area contributed by atoms with Crippen LogP contribution in [0.25, 0.3) is 0 Å². The third-order valence-electron chi connectivity index (χ3n) is 5.16. The van der Waals surface area contributed by atoms with E-state index in [1.54, 1.807) is 0 Å². The van der Waals surface area contributed by atoms with Crippen LogP contribution in [0.3, 0.4) is 0 Å². The zero-order valence-electron chi connectivity index (χ0n) is 14.1. The van der Waals surface area contributed by atoms with Crippen LogP contribution in [0.5, 0.6) is 0 Å². The van der Waals surface area contributed by atoms with Gasteiger partial charge in [0.1, 0.15) is 0 Å². The number of hydrogen-bond donors (Lipinski definition) is 1. The molecule has 0 spiro atoms. The van der Waals surface area contributed by atoms with Gasteiger partial charge in [-0.05, 0) is 64.5 Å². The smallest absolute Gasteiger partial charge is 0.236 e. The Labute approximate surface area is 130 Å². The molecule has 2 fully saturated rings. The minimum atomic E-state index is 0.338. The van der Waals surface area contributed by atoms with Crippen LogP contribution in [0.1, 0.15) is 46.5 Å². The summed E-state index contributed by atoms with van der Waals surface area (Å²) >= 11 is 0. The first-order chi connectivity index (χ1) is 10.1. The number of carbonyl (C=O) groups excluding carboxylic acids is 1. The summed E-state index contributed by atoms with van der Waals surface area (Å²) in [5, 5.41) is 3.42. The lowest BCUT2D eigenvalue weighted by Gasteiger charge is -2.35. The van der Waals surface area contributed by atoms with E-state index in [1.165, 1.54) is 25.7 Å². The molecule has 2 rings (SSSR count). The Hall–Kier alpha value is -0.610. The molecule has 2 saturated heterocycles. The molecule has 122 valence electrons. The summed E-state index contributed by atoms with van der Waals surface area (Å²) in [6.45, 7) is 12.6. The third-order valence-corrected chi connectivity index (χ3v) is 5.16. The summed E-state index contributed by atoms with van der Waals surface area (Å²) in [4.78, 5) is 17.0. The largest absolute Gasteiger partial charge is 0.342 e. The fraction of sp³-hybridized carbons (Fsp3) is 0.941. The van der Waals surface area contributed by atoms with Gasteiger partial charge in [0.25, 0.3) is 0 Å². The number of likely N-dealkylation sites (tertiary alicyclic amines) is 1. The SMILES string of the molecule is CC1CCN(C(=O)CN(CC2CCNCC2)C(C)C)CC1. The maximum atomic E-state index is 12.5. The standard InChI is InChI=1S/C17H33N3O/c1-14(2)20(12-16-4-8-18-9-5-16)13-17(21)19-10-6-15(3)7-11-19/h14-16,18H,4-13H2,1-3H3. The van der Waals surface area contributed by atoms with E-state index in [4.69, 9.17) is 0 Å². The second kappa shape index (κ2) is 8.14. The van der Waals surface area contributed by atoms with Gasteiger partial charge in [-0.15, -0.1) is 0 Å². The van der Waals surface area contributed by atoms with Gasteiger partial charge >= 0.3 is 0 Å². The Bertz CT molecular complexity index is 318. The lowest BCUT2D eigenvalue weighted by atomic mass is 9.97. The molecule has 0 saturated carbocycles. The molecular weight excluding hydrogens is 262 g/mol. The average Bonchev–Trinajstić information content (AvgIpc) is 2.48. The zero-order valence-corrected chi connectivity index (χ0v) is 14.1. The first-order valence-electron chi connectivity index (χ1n) is 8.78. The van der Waals surface area contributed by atoms with E-state index < -0.39 is 0 Å². The molecule has 1 amide bonds. The molecule has 2 heterocycles. The highest BCUT2D eigenvalue weighted by atomic mass is 16.2. The highest BCUT2D eigenvalue weighted by Crippen LogP contribution is 2.18. The van der Waals surface area contributed by atoms with E-state index in [-0.39, 0.29) is 0 Å². The van der Waals surface area contributed by atoms with Crippen LogP contribution in [0.15, 0.2) is 0 Å². The van der Waals surface area contributed by atoms with Crippen LogP contribution >= 0.6 is 0 Å². The summed E-state index contributed by atoms with van der Waals surface area (Å²) < 4.78 is 0. The molecule has 4 nitrogen and oxygen atoms in total. The molecule has 0 unspecified atom stereocenters. The second-order valence-corrected chi connectivity index (χ2v) is 7.28. The van der Waals surface area contributed by atoms with E-state index in [0.717, 1.165) is 44.6 Å². The molecule has 0 aromatic heterocycles. The number of hydrogen-bond acceptors (Lipinski definition) is 3. The molecule has 2 aliphatic rings. The van der Waals surface area contributed by atoms with Crippen molar-refractivity contribution < 1.29 is 4.79 Å². The average molecular weight is 295 g/mol. The number of nitrogens with one attached hydrogen (secondary N) is 1. The van der Waals surface area contributed by atoms with Crippen molar-refractivity contribution in [1.82, 2.24) is 15.1 Å². The van der Waals surface area contributed by atoms with Crippen molar-refractivity contribution in [3.63, 3.8) is 0 Å². The minimum Gasteiger partial charge on any atom is -0.342 e. The van der Waals surface area contributed by atoms with Crippen LogP contribution < -0.4 is 5.32 Å². The fourth-order valence-corrected chi connectivity index (χ4v) is 3.39. The predicted molar refractivity (Wildman–Crippen MR) is 87.3 cm³/mol. The van der Waals surface area contributed by atoms with Crippen LogP contribution in [0.4, 0.5) is 0 Å². The van der Waals surface area contributed by atoms with Gasteiger partial charge in [-0.3, -0.25) is 9.69 Å². The second-order valence-electron chi connectivity index (χ2n) is 7.28. The fourth-order valence-electron chi connectivity index (χ4n) is 3.39. The topological polar surface area (TPSA) is 35.6 Å². The van der Waals surface area contributed by atoms with Gasteiger partial charge in [0.2, 0.25) is 5.91 Å². The van der Waals surface area contributed by atoms with Crippen LogP contribution in [0.2, 0.25) is 0 Å². The summed E-state index contributed by atoms with van der Waals surface area (Å²) in [6, 6.07) is 0.451. The first kappa shape index (κ1) is 16.8. The predicted octanol–water partition coefficient (Wildman–Crippen LogP) is 1.95. The molecule has 1 N–H and O–H groups in total. The molecule has 0 bridgehead atoms. The summed E-state index contributed by atoms with van der Waals surface area (Å²) in [5.41, 5.74) is 0. The Morgan fingerprint density at radius 3 is 2.38 bits per heavy atom. The normalized spacial score (nSPS) is 22.2. The van der Waals surface area contributed by atoms with Gasteiger partial charge < -0.3 is 10.2 Å². The van der Waals surface area contributed by atoms with Crippen LogP contribution in [-0.2, 0) is 4.79 Å². The van der Waals surface area contributed by atoms with Gasteiger partial charge in [0.15, 0.2) is 0 Å². The maximum absolute atomic E-state index is 12.5. The van der Waals surface area contributed by atoms with E-state index in [0.29, 0.717) is 18.5 Å².